The van der Waals surface area contributed by atoms with Crippen LogP contribution in [0.2, 0.25) is 0 Å². The van der Waals surface area contributed by atoms with E-state index in [1.165, 1.54) is 43.2 Å². The van der Waals surface area contributed by atoms with E-state index in [1.54, 1.807) is 0 Å². The van der Waals surface area contributed by atoms with Gasteiger partial charge in [0.25, 0.3) is 0 Å². The molecule has 1 aliphatic carbocycles. The molecule has 2 rings (SSSR count). The third-order valence-electron chi connectivity index (χ3n) is 3.94. The molecule has 2 N–H and O–H groups in total. The van der Waals surface area contributed by atoms with Gasteiger partial charge in [0, 0.05) is 0 Å². The van der Waals surface area contributed by atoms with Gasteiger partial charge in [-0.15, -0.1) is 0 Å². The number of rotatable bonds is 3. The lowest BCUT2D eigenvalue weighted by Crippen LogP contribution is -2.09. The minimum atomic E-state index is 0.486. The van der Waals surface area contributed by atoms with Gasteiger partial charge in [0.2, 0.25) is 0 Å². The van der Waals surface area contributed by atoms with E-state index in [0.717, 1.165) is 12.5 Å². The van der Waals surface area contributed by atoms with Crippen molar-refractivity contribution in [3.63, 3.8) is 0 Å². The van der Waals surface area contributed by atoms with Crippen LogP contribution in [0.1, 0.15) is 62.0 Å². The van der Waals surface area contributed by atoms with Crippen molar-refractivity contribution in [1.82, 2.24) is 0 Å². The van der Waals surface area contributed by atoms with Crippen LogP contribution >= 0.6 is 0 Å². The van der Waals surface area contributed by atoms with Gasteiger partial charge < -0.3 is 5.73 Å². The van der Waals surface area contributed by atoms with Crippen LogP contribution in [0, 0.1) is 0 Å². The van der Waals surface area contributed by atoms with E-state index in [4.69, 9.17) is 5.73 Å². The second-order valence-electron chi connectivity index (χ2n) is 5.14. The van der Waals surface area contributed by atoms with Crippen molar-refractivity contribution in [2.45, 2.75) is 50.9 Å². The SMILES string of the molecule is CC(CN)c1ccc(C2CCCCC2)cc1. The summed E-state index contributed by atoms with van der Waals surface area (Å²) in [6, 6.07) is 9.16. The average molecular weight is 217 g/mol. The van der Waals surface area contributed by atoms with Crippen LogP contribution in [0.15, 0.2) is 24.3 Å². The number of hydrogen-bond donors (Lipinski definition) is 1. The molecule has 1 aromatic rings. The number of benzene rings is 1. The maximum atomic E-state index is 5.68. The van der Waals surface area contributed by atoms with Crippen molar-refractivity contribution < 1.29 is 0 Å². The molecule has 0 amide bonds. The molecule has 1 heteroatoms. The van der Waals surface area contributed by atoms with Crippen molar-refractivity contribution in [2.24, 2.45) is 5.73 Å². The Balaban J connectivity index is 2.06. The van der Waals surface area contributed by atoms with Gasteiger partial charge in [-0.25, -0.2) is 0 Å². The molecule has 1 nitrogen and oxygen atoms in total. The molecule has 1 fully saturated rings. The first-order valence-corrected chi connectivity index (χ1v) is 6.61. The normalized spacial score (nSPS) is 19.6. The van der Waals surface area contributed by atoms with Crippen molar-refractivity contribution in [3.05, 3.63) is 35.4 Å². The Labute approximate surface area is 99.0 Å². The number of nitrogens with two attached hydrogens (primary N) is 1. The van der Waals surface area contributed by atoms with Gasteiger partial charge in [0.1, 0.15) is 0 Å². The predicted molar refractivity (Wildman–Crippen MR) is 69.7 cm³/mol. The molecular formula is C15H23N. The third kappa shape index (κ3) is 2.65. The predicted octanol–water partition coefficient (Wildman–Crippen LogP) is 3.80. The summed E-state index contributed by atoms with van der Waals surface area (Å²) in [6.45, 7) is 2.93. The fourth-order valence-electron chi connectivity index (χ4n) is 2.67. The van der Waals surface area contributed by atoms with Crippen LogP contribution < -0.4 is 5.73 Å². The smallest absolute Gasteiger partial charge is 0.00109 e. The zero-order valence-corrected chi connectivity index (χ0v) is 10.3. The molecule has 88 valence electrons. The molecule has 1 atom stereocenters. The Morgan fingerprint density at radius 2 is 1.75 bits per heavy atom. The quantitative estimate of drug-likeness (QED) is 0.819. The van der Waals surface area contributed by atoms with E-state index < -0.39 is 0 Å². The van der Waals surface area contributed by atoms with Gasteiger partial charge in [-0.05, 0) is 42.3 Å². The topological polar surface area (TPSA) is 26.0 Å². The Morgan fingerprint density at radius 3 is 2.31 bits per heavy atom. The molecule has 0 aromatic heterocycles. The molecule has 0 bridgehead atoms. The molecule has 0 heterocycles. The molecule has 0 radical (unpaired) electrons. The number of hydrogen-bond acceptors (Lipinski definition) is 1. The Morgan fingerprint density at radius 1 is 1.12 bits per heavy atom. The zero-order chi connectivity index (χ0) is 11.4. The van der Waals surface area contributed by atoms with E-state index in [0.29, 0.717) is 5.92 Å². The minimum absolute atomic E-state index is 0.486. The summed E-state index contributed by atoms with van der Waals surface area (Å²) in [4.78, 5) is 0. The minimum Gasteiger partial charge on any atom is -0.330 e. The van der Waals surface area contributed by atoms with Crippen LogP contribution in [0.3, 0.4) is 0 Å². The third-order valence-corrected chi connectivity index (χ3v) is 3.94. The Kier molecular flexibility index (Phi) is 4.00. The van der Waals surface area contributed by atoms with Crippen molar-refractivity contribution in [1.29, 1.82) is 0 Å². The van der Waals surface area contributed by atoms with Gasteiger partial charge in [-0.2, -0.15) is 0 Å². The summed E-state index contributed by atoms with van der Waals surface area (Å²) in [6.07, 6.45) is 7.01. The molecule has 1 unspecified atom stereocenters. The van der Waals surface area contributed by atoms with Crippen molar-refractivity contribution in [3.8, 4) is 0 Å². The molecule has 16 heavy (non-hydrogen) atoms. The molecular weight excluding hydrogens is 194 g/mol. The Hall–Kier alpha value is -0.820. The maximum Gasteiger partial charge on any atom is -0.00109 e. The van der Waals surface area contributed by atoms with Crippen molar-refractivity contribution >= 4 is 0 Å². The summed E-state index contributed by atoms with van der Waals surface area (Å²) in [5, 5.41) is 0. The lowest BCUT2D eigenvalue weighted by atomic mass is 9.83. The molecule has 1 aromatic carbocycles. The monoisotopic (exact) mass is 217 g/mol. The van der Waals surface area contributed by atoms with Gasteiger partial charge in [-0.1, -0.05) is 50.5 Å². The summed E-state index contributed by atoms with van der Waals surface area (Å²) in [5.74, 6) is 1.30. The fourth-order valence-corrected chi connectivity index (χ4v) is 2.67. The zero-order valence-electron chi connectivity index (χ0n) is 10.3. The highest BCUT2D eigenvalue weighted by Crippen LogP contribution is 2.32. The standard InChI is InChI=1S/C15H23N/c1-12(11-16)13-7-9-15(10-8-13)14-5-3-2-4-6-14/h7-10,12,14H,2-6,11,16H2,1H3. The van der Waals surface area contributed by atoms with Gasteiger partial charge in [0.15, 0.2) is 0 Å². The second kappa shape index (κ2) is 5.49. The second-order valence-corrected chi connectivity index (χ2v) is 5.14. The van der Waals surface area contributed by atoms with E-state index in [2.05, 4.69) is 31.2 Å². The largest absolute Gasteiger partial charge is 0.330 e. The highest BCUT2D eigenvalue weighted by molar-refractivity contribution is 5.27. The average Bonchev–Trinajstić information content (AvgIpc) is 2.39. The van der Waals surface area contributed by atoms with Gasteiger partial charge >= 0.3 is 0 Å². The van der Waals surface area contributed by atoms with E-state index in [1.807, 2.05) is 0 Å². The van der Waals surface area contributed by atoms with E-state index in [-0.39, 0.29) is 0 Å². The van der Waals surface area contributed by atoms with Gasteiger partial charge in [-0.3, -0.25) is 0 Å². The molecule has 0 saturated heterocycles. The molecule has 0 aliphatic heterocycles. The van der Waals surface area contributed by atoms with Crippen LogP contribution in [0.5, 0.6) is 0 Å². The first-order chi connectivity index (χ1) is 7.81. The van der Waals surface area contributed by atoms with Crippen LogP contribution in [-0.4, -0.2) is 6.54 Å². The van der Waals surface area contributed by atoms with Crippen molar-refractivity contribution in [2.75, 3.05) is 6.54 Å². The molecule has 1 aliphatic rings. The molecule has 1 saturated carbocycles. The molecule has 0 spiro atoms. The Bertz CT molecular complexity index is 309. The summed E-state index contributed by atoms with van der Waals surface area (Å²) in [7, 11) is 0. The summed E-state index contributed by atoms with van der Waals surface area (Å²) < 4.78 is 0. The van der Waals surface area contributed by atoms with Crippen LogP contribution in [0.25, 0.3) is 0 Å². The summed E-state index contributed by atoms with van der Waals surface area (Å²) >= 11 is 0. The van der Waals surface area contributed by atoms with Gasteiger partial charge in [0.05, 0.1) is 0 Å². The first kappa shape index (κ1) is 11.7. The lowest BCUT2D eigenvalue weighted by molar-refractivity contribution is 0.443. The first-order valence-electron chi connectivity index (χ1n) is 6.61. The van der Waals surface area contributed by atoms with Crippen LogP contribution in [-0.2, 0) is 0 Å². The van der Waals surface area contributed by atoms with E-state index >= 15 is 0 Å². The maximum absolute atomic E-state index is 5.68. The lowest BCUT2D eigenvalue weighted by Gasteiger charge is -2.22. The summed E-state index contributed by atoms with van der Waals surface area (Å²) in [5.41, 5.74) is 8.60. The van der Waals surface area contributed by atoms with Crippen LogP contribution in [0.4, 0.5) is 0 Å². The fraction of sp³-hybridized carbons (Fsp3) is 0.600. The van der Waals surface area contributed by atoms with E-state index in [9.17, 15) is 0 Å². The highest BCUT2D eigenvalue weighted by Gasteiger charge is 2.15. The highest BCUT2D eigenvalue weighted by atomic mass is 14.5.